The minimum absolute atomic E-state index is 0.628. The summed E-state index contributed by atoms with van der Waals surface area (Å²) in [5.41, 5.74) is 2.89. The average molecular weight is 478 g/mol. The van der Waals surface area contributed by atoms with Crippen molar-refractivity contribution in [1.82, 2.24) is 9.47 Å². The molecule has 1 aliphatic rings. The van der Waals surface area contributed by atoms with Gasteiger partial charge in [0, 0.05) is 42.1 Å². The highest BCUT2D eigenvalue weighted by molar-refractivity contribution is 7.07. The smallest absolute Gasteiger partial charge is 0.190 e. The third-order valence-corrected chi connectivity index (χ3v) is 6.53. The molecule has 0 saturated carbocycles. The van der Waals surface area contributed by atoms with Crippen molar-refractivity contribution in [3.63, 3.8) is 0 Å². The summed E-state index contributed by atoms with van der Waals surface area (Å²) in [6.45, 7) is 7.84. The number of ether oxygens (including phenoxy) is 2. The van der Waals surface area contributed by atoms with E-state index >= 15 is 0 Å². The molecule has 0 N–H and O–H groups in total. The Balaban J connectivity index is 1.69. The Morgan fingerprint density at radius 1 is 1.06 bits per heavy atom. The van der Waals surface area contributed by atoms with Crippen molar-refractivity contribution < 1.29 is 9.47 Å². The Morgan fingerprint density at radius 3 is 2.55 bits per heavy atom. The molecule has 1 aliphatic heterocycles. The predicted octanol–water partition coefficient (Wildman–Crippen LogP) is 5.49. The molecule has 0 bridgehead atoms. The molecule has 0 unspecified atom stereocenters. The molecule has 164 valence electrons. The minimum Gasteiger partial charge on any atom is -0.494 e. The first-order valence-corrected chi connectivity index (χ1v) is 12.0. The molecule has 5 nitrogen and oxygen atoms in total. The second-order valence-corrected chi connectivity index (χ2v) is 8.85. The molecule has 1 saturated heterocycles. The first kappa shape index (κ1) is 22.4. The summed E-state index contributed by atoms with van der Waals surface area (Å²) < 4.78 is 13.3. The largest absolute Gasteiger partial charge is 0.494 e. The van der Waals surface area contributed by atoms with Crippen LogP contribution in [0.3, 0.4) is 0 Å². The number of aromatic nitrogens is 1. The SMILES string of the molecule is CCOc1ccc(N=c2scc(-c3ccc(Cl)cc3Cl)n2CCN2CCOCC2)cc1. The third-order valence-electron chi connectivity index (χ3n) is 5.12. The number of halogens is 2. The van der Waals surface area contributed by atoms with Gasteiger partial charge in [-0.2, -0.15) is 0 Å². The summed E-state index contributed by atoms with van der Waals surface area (Å²) in [7, 11) is 0. The number of thiazole rings is 1. The van der Waals surface area contributed by atoms with E-state index in [1.807, 2.05) is 43.3 Å². The fourth-order valence-electron chi connectivity index (χ4n) is 3.51. The number of rotatable bonds is 7. The van der Waals surface area contributed by atoms with Crippen LogP contribution in [0.1, 0.15) is 6.92 Å². The minimum atomic E-state index is 0.628. The predicted molar refractivity (Wildman–Crippen MR) is 128 cm³/mol. The van der Waals surface area contributed by atoms with Crippen LogP contribution in [0.15, 0.2) is 52.8 Å². The van der Waals surface area contributed by atoms with E-state index in [2.05, 4.69) is 14.8 Å². The number of nitrogens with zero attached hydrogens (tertiary/aromatic N) is 3. The first-order valence-electron chi connectivity index (χ1n) is 10.4. The molecule has 3 aromatic rings. The standard InChI is InChI=1S/C23H25Cl2N3O2S/c1-2-30-19-6-4-18(5-7-19)26-23-28(10-9-27-11-13-29-14-12-27)22(16-31-23)20-8-3-17(24)15-21(20)25/h3-8,15-16H,2,9-14H2,1H3. The van der Waals surface area contributed by atoms with Gasteiger partial charge in [0.15, 0.2) is 4.80 Å². The molecule has 31 heavy (non-hydrogen) atoms. The maximum absolute atomic E-state index is 6.54. The van der Waals surface area contributed by atoms with Crippen LogP contribution in [-0.4, -0.2) is 48.9 Å². The molecule has 8 heteroatoms. The Hall–Kier alpha value is -1.83. The van der Waals surface area contributed by atoms with Gasteiger partial charge in [-0.05, 0) is 49.4 Å². The van der Waals surface area contributed by atoms with Crippen molar-refractivity contribution >= 4 is 40.2 Å². The Labute approximate surface area is 196 Å². The lowest BCUT2D eigenvalue weighted by molar-refractivity contribution is 0.0363. The summed E-state index contributed by atoms with van der Waals surface area (Å²) >= 11 is 14.3. The molecule has 0 amide bonds. The summed E-state index contributed by atoms with van der Waals surface area (Å²) in [6.07, 6.45) is 0. The van der Waals surface area contributed by atoms with Crippen LogP contribution in [0.2, 0.25) is 10.0 Å². The summed E-state index contributed by atoms with van der Waals surface area (Å²) in [5.74, 6) is 0.849. The Morgan fingerprint density at radius 2 is 1.84 bits per heavy atom. The maximum Gasteiger partial charge on any atom is 0.190 e. The lowest BCUT2D eigenvalue weighted by atomic mass is 10.1. The van der Waals surface area contributed by atoms with Crippen molar-refractivity contribution in [3.8, 4) is 17.0 Å². The second kappa shape index (κ2) is 10.7. The fourth-order valence-corrected chi connectivity index (χ4v) is 4.96. The van der Waals surface area contributed by atoms with E-state index in [1.165, 1.54) is 0 Å². The van der Waals surface area contributed by atoms with Gasteiger partial charge in [0.2, 0.25) is 0 Å². The van der Waals surface area contributed by atoms with E-state index in [1.54, 1.807) is 17.4 Å². The molecule has 0 aliphatic carbocycles. The van der Waals surface area contributed by atoms with Crippen LogP contribution < -0.4 is 9.54 Å². The van der Waals surface area contributed by atoms with Crippen LogP contribution in [0.5, 0.6) is 5.75 Å². The summed E-state index contributed by atoms with van der Waals surface area (Å²) in [5, 5.41) is 3.38. The van der Waals surface area contributed by atoms with Crippen LogP contribution in [0.25, 0.3) is 11.3 Å². The summed E-state index contributed by atoms with van der Waals surface area (Å²) in [6, 6.07) is 13.5. The van der Waals surface area contributed by atoms with Gasteiger partial charge in [-0.3, -0.25) is 4.90 Å². The lowest BCUT2D eigenvalue weighted by Crippen LogP contribution is -2.39. The summed E-state index contributed by atoms with van der Waals surface area (Å²) in [4.78, 5) is 8.26. The molecule has 1 aromatic heterocycles. The number of hydrogen-bond acceptors (Lipinski definition) is 5. The molecule has 2 heterocycles. The molecule has 2 aromatic carbocycles. The number of benzene rings is 2. The normalized spacial score (nSPS) is 15.4. The second-order valence-electron chi connectivity index (χ2n) is 7.17. The van der Waals surface area contributed by atoms with Gasteiger partial charge < -0.3 is 14.0 Å². The third kappa shape index (κ3) is 5.70. The quantitative estimate of drug-likeness (QED) is 0.451. The molecular formula is C23H25Cl2N3O2S. The molecule has 4 rings (SSSR count). The van der Waals surface area contributed by atoms with E-state index in [4.69, 9.17) is 37.7 Å². The highest BCUT2D eigenvalue weighted by Crippen LogP contribution is 2.31. The van der Waals surface area contributed by atoms with Gasteiger partial charge in [-0.15, -0.1) is 11.3 Å². The van der Waals surface area contributed by atoms with E-state index in [9.17, 15) is 0 Å². The van der Waals surface area contributed by atoms with Crippen molar-refractivity contribution in [1.29, 1.82) is 0 Å². The van der Waals surface area contributed by atoms with Crippen molar-refractivity contribution in [2.24, 2.45) is 4.99 Å². The fraction of sp³-hybridized carbons (Fsp3) is 0.348. The van der Waals surface area contributed by atoms with Crippen molar-refractivity contribution in [3.05, 3.63) is 62.7 Å². The van der Waals surface area contributed by atoms with E-state index in [-0.39, 0.29) is 0 Å². The first-order chi connectivity index (χ1) is 15.1. The number of morpholine rings is 1. The van der Waals surface area contributed by atoms with Crippen LogP contribution >= 0.6 is 34.5 Å². The highest BCUT2D eigenvalue weighted by Gasteiger charge is 2.15. The van der Waals surface area contributed by atoms with Gasteiger partial charge in [0.25, 0.3) is 0 Å². The highest BCUT2D eigenvalue weighted by atomic mass is 35.5. The van der Waals surface area contributed by atoms with E-state index in [0.29, 0.717) is 16.7 Å². The molecule has 1 fully saturated rings. The Kier molecular flexibility index (Phi) is 7.69. The van der Waals surface area contributed by atoms with Crippen molar-refractivity contribution in [2.75, 3.05) is 39.5 Å². The van der Waals surface area contributed by atoms with Crippen LogP contribution in [0.4, 0.5) is 5.69 Å². The van der Waals surface area contributed by atoms with Crippen LogP contribution in [0, 0.1) is 0 Å². The maximum atomic E-state index is 6.54. The van der Waals surface area contributed by atoms with Gasteiger partial charge in [-0.25, -0.2) is 4.99 Å². The average Bonchev–Trinajstić information content (AvgIpc) is 3.16. The van der Waals surface area contributed by atoms with Gasteiger partial charge in [-0.1, -0.05) is 23.2 Å². The molecule has 0 atom stereocenters. The monoisotopic (exact) mass is 477 g/mol. The van der Waals surface area contributed by atoms with Gasteiger partial charge >= 0.3 is 0 Å². The molecule has 0 spiro atoms. The molecule has 0 radical (unpaired) electrons. The van der Waals surface area contributed by atoms with E-state index < -0.39 is 0 Å². The van der Waals surface area contributed by atoms with Crippen molar-refractivity contribution in [2.45, 2.75) is 13.5 Å². The van der Waals surface area contributed by atoms with Gasteiger partial charge in [0.05, 0.1) is 36.2 Å². The molecular weight excluding hydrogens is 453 g/mol. The topological polar surface area (TPSA) is 39.0 Å². The zero-order chi connectivity index (χ0) is 21.6. The van der Waals surface area contributed by atoms with E-state index in [0.717, 1.165) is 66.9 Å². The lowest BCUT2D eigenvalue weighted by Gasteiger charge is -2.27. The zero-order valence-electron chi connectivity index (χ0n) is 17.4. The number of hydrogen-bond donors (Lipinski definition) is 0. The van der Waals surface area contributed by atoms with Gasteiger partial charge in [0.1, 0.15) is 5.75 Å². The Bertz CT molecular complexity index is 1070. The zero-order valence-corrected chi connectivity index (χ0v) is 19.7. The van der Waals surface area contributed by atoms with Crippen LogP contribution in [-0.2, 0) is 11.3 Å².